The van der Waals surface area contributed by atoms with E-state index in [1.54, 1.807) is 24.3 Å². The van der Waals surface area contributed by atoms with E-state index in [0.717, 1.165) is 30.8 Å². The number of rotatable bonds is 9. The van der Waals surface area contributed by atoms with Gasteiger partial charge in [0, 0.05) is 26.1 Å². The van der Waals surface area contributed by atoms with E-state index in [-0.39, 0.29) is 43.5 Å². The summed E-state index contributed by atoms with van der Waals surface area (Å²) in [5.41, 5.74) is 3.13. The number of ether oxygens (including phenoxy) is 1. The average Bonchev–Trinajstić information content (AvgIpc) is 3.66. The lowest BCUT2D eigenvalue weighted by molar-refractivity contribution is -0.133. The minimum absolute atomic E-state index is 0.0161. The highest BCUT2D eigenvalue weighted by Crippen LogP contribution is 2.19. The monoisotopic (exact) mass is 724 g/mol. The van der Waals surface area contributed by atoms with Crippen LogP contribution in [0.3, 0.4) is 0 Å². The SMILES string of the molecule is CC(C)C[C@H]1NC(=O)C[C@@H](C(=O)NCc2ccc(CN3CCCC3)cc2)NC(=O)c2ccccc2OCCCNC(=O)[C@H](Cc2ccccc2)NC1=O. The minimum Gasteiger partial charge on any atom is -0.493 e. The van der Waals surface area contributed by atoms with E-state index in [1.165, 1.54) is 18.4 Å². The zero-order valence-corrected chi connectivity index (χ0v) is 30.7. The van der Waals surface area contributed by atoms with Gasteiger partial charge in [-0.25, -0.2) is 0 Å². The van der Waals surface area contributed by atoms with Crippen LogP contribution < -0.4 is 31.3 Å². The standard InChI is InChI=1S/C41H52N6O6/c1-28(2)23-33-41(52)46-34(24-29-11-4-3-5-12-29)39(50)42-19-10-22-53-36-14-7-6-13-32(36)38(49)45-35(25-37(48)44-33)40(51)43-26-30-15-17-31(18-16-30)27-47-20-8-9-21-47/h3-7,11-18,28,33-35H,8-10,19-27H2,1-2H3,(H,42,50)(H,43,51)(H,44,48)(H,45,49)(H,46,52)/t33-,34+,35+/m1/s1. The summed E-state index contributed by atoms with van der Waals surface area (Å²) in [7, 11) is 0. The van der Waals surface area contributed by atoms with Crippen molar-refractivity contribution in [2.75, 3.05) is 26.2 Å². The predicted molar refractivity (Wildman–Crippen MR) is 202 cm³/mol. The third-order valence-electron chi connectivity index (χ3n) is 9.39. The van der Waals surface area contributed by atoms with Gasteiger partial charge >= 0.3 is 0 Å². The summed E-state index contributed by atoms with van der Waals surface area (Å²) in [4.78, 5) is 70.6. The highest BCUT2D eigenvalue weighted by Gasteiger charge is 2.31. The van der Waals surface area contributed by atoms with Crippen LogP contribution in [0.15, 0.2) is 78.9 Å². The van der Waals surface area contributed by atoms with Crippen molar-refractivity contribution in [1.82, 2.24) is 31.5 Å². The summed E-state index contributed by atoms with van der Waals surface area (Å²) in [6.07, 6.45) is 2.99. The van der Waals surface area contributed by atoms with E-state index in [0.29, 0.717) is 18.6 Å². The number of carbonyl (C=O) groups excluding carboxylic acids is 5. The van der Waals surface area contributed by atoms with Crippen molar-refractivity contribution >= 4 is 29.5 Å². The van der Waals surface area contributed by atoms with Crippen LogP contribution in [0.25, 0.3) is 0 Å². The molecule has 0 unspecified atom stereocenters. The summed E-state index contributed by atoms with van der Waals surface area (Å²) in [5, 5.41) is 14.2. The lowest BCUT2D eigenvalue weighted by Gasteiger charge is -2.25. The lowest BCUT2D eigenvalue weighted by atomic mass is 10.0. The van der Waals surface area contributed by atoms with Crippen LogP contribution in [0, 0.1) is 5.92 Å². The molecule has 0 bridgehead atoms. The molecule has 12 nitrogen and oxygen atoms in total. The maximum Gasteiger partial charge on any atom is 0.255 e. The quantitative estimate of drug-likeness (QED) is 0.227. The number of amides is 5. The molecule has 5 amide bonds. The van der Waals surface area contributed by atoms with E-state index in [1.807, 2.05) is 56.3 Å². The van der Waals surface area contributed by atoms with Gasteiger partial charge in [-0.2, -0.15) is 0 Å². The molecule has 0 saturated carbocycles. The second-order valence-corrected chi connectivity index (χ2v) is 14.2. The highest BCUT2D eigenvalue weighted by molar-refractivity contribution is 6.01. The number of carbonyl (C=O) groups is 5. The number of hydrogen-bond donors (Lipinski definition) is 5. The number of para-hydroxylation sites is 1. The van der Waals surface area contributed by atoms with Crippen LogP contribution in [0.5, 0.6) is 5.75 Å². The summed E-state index contributed by atoms with van der Waals surface area (Å²) in [6, 6.07) is 20.9. The van der Waals surface area contributed by atoms with E-state index in [4.69, 9.17) is 4.74 Å². The Hall–Kier alpha value is -5.23. The summed E-state index contributed by atoms with van der Waals surface area (Å²) < 4.78 is 5.94. The van der Waals surface area contributed by atoms with Gasteiger partial charge in [-0.3, -0.25) is 28.9 Å². The smallest absolute Gasteiger partial charge is 0.255 e. The molecule has 2 aliphatic rings. The van der Waals surface area contributed by atoms with Gasteiger partial charge in [0.25, 0.3) is 5.91 Å². The normalized spacial score (nSPS) is 20.8. The largest absolute Gasteiger partial charge is 0.493 e. The fraction of sp³-hybridized carbons (Fsp3) is 0.439. The van der Waals surface area contributed by atoms with Crippen LogP contribution in [-0.2, 0) is 38.7 Å². The van der Waals surface area contributed by atoms with Crippen molar-refractivity contribution in [3.8, 4) is 5.75 Å². The van der Waals surface area contributed by atoms with Gasteiger partial charge in [0.2, 0.25) is 23.6 Å². The molecule has 0 spiro atoms. The first-order valence-corrected chi connectivity index (χ1v) is 18.7. The third kappa shape index (κ3) is 12.2. The number of likely N-dealkylation sites (tertiary alicyclic amines) is 1. The first-order chi connectivity index (χ1) is 25.6. The topological polar surface area (TPSA) is 158 Å². The third-order valence-corrected chi connectivity index (χ3v) is 9.39. The zero-order chi connectivity index (χ0) is 37.6. The van der Waals surface area contributed by atoms with Gasteiger partial charge in [0.1, 0.15) is 23.9 Å². The maximum atomic E-state index is 13.7. The number of nitrogens with zero attached hydrogens (tertiary/aromatic N) is 1. The molecular formula is C41H52N6O6. The van der Waals surface area contributed by atoms with Gasteiger partial charge in [-0.05, 0) is 73.5 Å². The molecule has 282 valence electrons. The van der Waals surface area contributed by atoms with Crippen molar-refractivity contribution in [2.45, 2.75) is 83.6 Å². The van der Waals surface area contributed by atoms with Gasteiger partial charge in [0.15, 0.2) is 0 Å². The second-order valence-electron chi connectivity index (χ2n) is 14.2. The maximum absolute atomic E-state index is 13.7. The van der Waals surface area contributed by atoms with Crippen LogP contribution in [0.2, 0.25) is 0 Å². The van der Waals surface area contributed by atoms with Crippen LogP contribution in [0.4, 0.5) is 0 Å². The van der Waals surface area contributed by atoms with Crippen LogP contribution in [0.1, 0.15) is 73.0 Å². The Morgan fingerprint density at radius 1 is 0.792 bits per heavy atom. The first-order valence-electron chi connectivity index (χ1n) is 18.7. The molecule has 2 heterocycles. The molecule has 5 rings (SSSR count). The Kier molecular flexibility index (Phi) is 14.4. The van der Waals surface area contributed by atoms with Gasteiger partial charge in [-0.15, -0.1) is 0 Å². The molecule has 0 aromatic heterocycles. The predicted octanol–water partition coefficient (Wildman–Crippen LogP) is 3.24. The second kappa shape index (κ2) is 19.6. The summed E-state index contributed by atoms with van der Waals surface area (Å²) in [5.74, 6) is -2.30. The number of fused-ring (bicyclic) bond motifs is 1. The molecule has 1 fully saturated rings. The fourth-order valence-electron chi connectivity index (χ4n) is 6.56. The van der Waals surface area contributed by atoms with Crippen molar-refractivity contribution in [3.05, 3.63) is 101 Å². The number of hydrogen-bond acceptors (Lipinski definition) is 7. The molecule has 3 aromatic rings. The van der Waals surface area contributed by atoms with Crippen molar-refractivity contribution in [2.24, 2.45) is 5.92 Å². The molecular weight excluding hydrogens is 672 g/mol. The Labute approximate surface area is 311 Å². The van der Waals surface area contributed by atoms with Crippen LogP contribution in [-0.4, -0.2) is 78.8 Å². The number of benzene rings is 3. The Balaban J connectivity index is 1.35. The van der Waals surface area contributed by atoms with Gasteiger partial charge in [-0.1, -0.05) is 80.6 Å². The molecule has 12 heteroatoms. The molecule has 0 aliphatic carbocycles. The summed E-state index contributed by atoms with van der Waals surface area (Å²) >= 11 is 0. The van der Waals surface area contributed by atoms with Gasteiger partial charge < -0.3 is 31.3 Å². The minimum atomic E-state index is -1.26. The molecule has 2 aliphatic heterocycles. The molecule has 5 N–H and O–H groups in total. The number of nitrogens with one attached hydrogen (secondary N) is 5. The van der Waals surface area contributed by atoms with Crippen molar-refractivity contribution in [3.63, 3.8) is 0 Å². The Morgan fingerprint density at radius 3 is 2.23 bits per heavy atom. The molecule has 3 aromatic carbocycles. The van der Waals surface area contributed by atoms with Crippen LogP contribution >= 0.6 is 0 Å². The van der Waals surface area contributed by atoms with Gasteiger partial charge in [0.05, 0.1) is 18.6 Å². The molecule has 1 saturated heterocycles. The van der Waals surface area contributed by atoms with E-state index in [9.17, 15) is 24.0 Å². The molecule has 0 radical (unpaired) electrons. The van der Waals surface area contributed by atoms with E-state index < -0.39 is 48.2 Å². The first kappa shape index (κ1) is 39.0. The molecule has 3 atom stereocenters. The zero-order valence-electron chi connectivity index (χ0n) is 30.7. The van der Waals surface area contributed by atoms with Crippen molar-refractivity contribution in [1.29, 1.82) is 0 Å². The molecule has 53 heavy (non-hydrogen) atoms. The Morgan fingerprint density at radius 2 is 1.49 bits per heavy atom. The lowest BCUT2D eigenvalue weighted by Crippen LogP contribution is -2.56. The highest BCUT2D eigenvalue weighted by atomic mass is 16.5. The van der Waals surface area contributed by atoms with Crippen molar-refractivity contribution < 1.29 is 28.7 Å². The fourth-order valence-corrected chi connectivity index (χ4v) is 6.56. The average molecular weight is 725 g/mol. The van der Waals surface area contributed by atoms with E-state index >= 15 is 0 Å². The van der Waals surface area contributed by atoms with E-state index in [2.05, 4.69) is 43.6 Å². The Bertz CT molecular complexity index is 1690. The summed E-state index contributed by atoms with van der Waals surface area (Å²) in [6.45, 7) is 7.59.